The van der Waals surface area contributed by atoms with E-state index >= 15 is 0 Å². The van der Waals surface area contributed by atoms with Crippen LogP contribution in [0.4, 0.5) is 4.79 Å². The van der Waals surface area contributed by atoms with Gasteiger partial charge in [0.25, 0.3) is 0 Å². The third-order valence-electron chi connectivity index (χ3n) is 6.84. The largest absolute Gasteiger partial charge is 0.480 e. The van der Waals surface area contributed by atoms with Crippen molar-refractivity contribution in [2.45, 2.75) is 38.1 Å². The quantitative estimate of drug-likeness (QED) is 0.568. The lowest BCUT2D eigenvalue weighted by molar-refractivity contribution is -0.158. The van der Waals surface area contributed by atoms with Crippen LogP contribution in [-0.4, -0.2) is 66.9 Å². The normalized spacial score (nSPS) is 17.9. The molecule has 2 atom stereocenters. The number of hydrogen-bond acceptors (Lipinski definition) is 5. The zero-order valence-corrected chi connectivity index (χ0v) is 19.9. The Kier molecular flexibility index (Phi) is 8.02. The van der Waals surface area contributed by atoms with Crippen molar-refractivity contribution in [1.29, 1.82) is 0 Å². The average Bonchev–Trinajstić information content (AvgIpc) is 3.19. The second-order valence-corrected chi connectivity index (χ2v) is 9.20. The molecule has 35 heavy (non-hydrogen) atoms. The van der Waals surface area contributed by atoms with E-state index in [1.807, 2.05) is 31.2 Å². The Morgan fingerprint density at radius 1 is 1.09 bits per heavy atom. The SMILES string of the molecule is CC(CCNC(=O)OCC1c2ccccc2-c2ccccc21)CCC(=O)N1CCOCC1C(=O)O. The van der Waals surface area contributed by atoms with Crippen LogP contribution < -0.4 is 5.32 Å². The molecular formula is C27H32N2O6. The van der Waals surface area contributed by atoms with Gasteiger partial charge in [-0.25, -0.2) is 9.59 Å². The van der Waals surface area contributed by atoms with Gasteiger partial charge in [-0.2, -0.15) is 0 Å². The fourth-order valence-corrected chi connectivity index (χ4v) is 4.83. The number of nitrogens with one attached hydrogen (secondary N) is 1. The standard InChI is InChI=1S/C27H32N2O6/c1-18(10-11-25(30)29-14-15-34-17-24(29)26(31)32)12-13-28-27(33)35-16-23-21-8-4-2-6-19(21)20-7-3-5-9-22(20)23/h2-9,18,23-24H,10-17H2,1H3,(H,28,33)(H,31,32). The molecule has 186 valence electrons. The number of fused-ring (bicyclic) bond motifs is 3. The van der Waals surface area contributed by atoms with Gasteiger partial charge in [-0.1, -0.05) is 55.5 Å². The Morgan fingerprint density at radius 3 is 2.40 bits per heavy atom. The maximum Gasteiger partial charge on any atom is 0.407 e. The fraction of sp³-hybridized carbons (Fsp3) is 0.444. The minimum absolute atomic E-state index is 0.0212. The summed E-state index contributed by atoms with van der Waals surface area (Å²) in [5, 5.41) is 12.1. The molecule has 2 aliphatic rings. The summed E-state index contributed by atoms with van der Waals surface area (Å²) in [5.41, 5.74) is 4.72. The summed E-state index contributed by atoms with van der Waals surface area (Å²) in [5.74, 6) is -1.000. The Labute approximate surface area is 205 Å². The van der Waals surface area contributed by atoms with Gasteiger partial charge in [0, 0.05) is 25.4 Å². The number of amides is 2. The Morgan fingerprint density at radius 2 is 1.74 bits per heavy atom. The number of alkyl carbamates (subject to hydrolysis) is 1. The van der Waals surface area contributed by atoms with Gasteiger partial charge in [-0.05, 0) is 41.0 Å². The van der Waals surface area contributed by atoms with Crippen LogP contribution in [0.3, 0.4) is 0 Å². The monoisotopic (exact) mass is 480 g/mol. The molecule has 2 N–H and O–H groups in total. The van der Waals surface area contributed by atoms with Gasteiger partial charge in [0.2, 0.25) is 5.91 Å². The van der Waals surface area contributed by atoms with Crippen LogP contribution in [0.25, 0.3) is 11.1 Å². The topological polar surface area (TPSA) is 105 Å². The van der Waals surface area contributed by atoms with Crippen molar-refractivity contribution < 1.29 is 29.0 Å². The van der Waals surface area contributed by atoms with Gasteiger partial charge in [-0.15, -0.1) is 0 Å². The maximum atomic E-state index is 12.5. The molecule has 2 unspecified atom stereocenters. The molecule has 0 radical (unpaired) electrons. The third kappa shape index (κ3) is 5.82. The molecule has 1 fully saturated rings. The van der Waals surface area contributed by atoms with Crippen molar-refractivity contribution >= 4 is 18.0 Å². The van der Waals surface area contributed by atoms with E-state index in [0.717, 1.165) is 0 Å². The van der Waals surface area contributed by atoms with Crippen molar-refractivity contribution in [3.63, 3.8) is 0 Å². The first-order chi connectivity index (χ1) is 17.0. The third-order valence-corrected chi connectivity index (χ3v) is 6.84. The van der Waals surface area contributed by atoms with Crippen LogP contribution in [0, 0.1) is 5.92 Å². The first-order valence-corrected chi connectivity index (χ1v) is 12.1. The van der Waals surface area contributed by atoms with E-state index in [-0.39, 0.29) is 37.4 Å². The van der Waals surface area contributed by atoms with Crippen molar-refractivity contribution in [2.75, 3.05) is 32.9 Å². The highest BCUT2D eigenvalue weighted by molar-refractivity contribution is 5.84. The van der Waals surface area contributed by atoms with E-state index in [9.17, 15) is 19.5 Å². The fourth-order valence-electron chi connectivity index (χ4n) is 4.83. The van der Waals surface area contributed by atoms with Crippen LogP contribution in [-0.2, 0) is 19.1 Å². The molecule has 1 aliphatic carbocycles. The highest BCUT2D eigenvalue weighted by Gasteiger charge is 2.32. The van der Waals surface area contributed by atoms with Crippen LogP contribution in [0.2, 0.25) is 0 Å². The lowest BCUT2D eigenvalue weighted by Gasteiger charge is -2.33. The summed E-state index contributed by atoms with van der Waals surface area (Å²) in [4.78, 5) is 37.6. The predicted octanol–water partition coefficient (Wildman–Crippen LogP) is 3.64. The molecule has 1 aliphatic heterocycles. The number of aliphatic carboxylic acids is 1. The zero-order chi connectivity index (χ0) is 24.8. The van der Waals surface area contributed by atoms with E-state index in [1.54, 1.807) is 0 Å². The molecule has 0 spiro atoms. The van der Waals surface area contributed by atoms with Gasteiger partial charge in [-0.3, -0.25) is 4.79 Å². The van der Waals surface area contributed by atoms with Crippen molar-refractivity contribution in [3.8, 4) is 11.1 Å². The van der Waals surface area contributed by atoms with Gasteiger partial charge in [0.1, 0.15) is 6.61 Å². The van der Waals surface area contributed by atoms with E-state index in [4.69, 9.17) is 9.47 Å². The van der Waals surface area contributed by atoms with Crippen molar-refractivity contribution in [3.05, 3.63) is 59.7 Å². The molecule has 8 heteroatoms. The molecule has 1 heterocycles. The number of carbonyl (C=O) groups excluding carboxylic acids is 2. The predicted molar refractivity (Wildman–Crippen MR) is 130 cm³/mol. The number of morpholine rings is 1. The van der Waals surface area contributed by atoms with Crippen LogP contribution in [0.15, 0.2) is 48.5 Å². The van der Waals surface area contributed by atoms with Gasteiger partial charge < -0.3 is 24.8 Å². The van der Waals surface area contributed by atoms with E-state index < -0.39 is 18.1 Å². The molecule has 2 aromatic carbocycles. The number of ether oxygens (including phenoxy) is 2. The highest BCUT2D eigenvalue weighted by atomic mass is 16.5. The number of benzene rings is 2. The summed E-state index contributed by atoms with van der Waals surface area (Å²) in [6.45, 7) is 3.42. The number of nitrogens with zero attached hydrogens (tertiary/aromatic N) is 1. The van der Waals surface area contributed by atoms with Crippen molar-refractivity contribution in [2.24, 2.45) is 5.92 Å². The van der Waals surface area contributed by atoms with Crippen LogP contribution >= 0.6 is 0 Å². The first-order valence-electron chi connectivity index (χ1n) is 12.1. The second-order valence-electron chi connectivity index (χ2n) is 9.20. The number of carboxylic acids is 1. The molecule has 2 aromatic rings. The van der Waals surface area contributed by atoms with E-state index in [0.29, 0.717) is 32.5 Å². The van der Waals surface area contributed by atoms with Crippen LogP contribution in [0.5, 0.6) is 0 Å². The van der Waals surface area contributed by atoms with E-state index in [2.05, 4.69) is 29.6 Å². The lowest BCUT2D eigenvalue weighted by Crippen LogP contribution is -2.52. The summed E-state index contributed by atoms with van der Waals surface area (Å²) in [6, 6.07) is 15.5. The smallest absolute Gasteiger partial charge is 0.407 e. The summed E-state index contributed by atoms with van der Waals surface area (Å²) in [6.07, 6.45) is 1.14. The maximum absolute atomic E-state index is 12.5. The second kappa shape index (κ2) is 11.4. The molecule has 8 nitrogen and oxygen atoms in total. The number of hydrogen-bond donors (Lipinski definition) is 2. The van der Waals surface area contributed by atoms with E-state index in [1.165, 1.54) is 27.2 Å². The number of rotatable bonds is 9. The highest BCUT2D eigenvalue weighted by Crippen LogP contribution is 2.44. The number of carboxylic acid groups (broad SMARTS) is 1. The Hall–Kier alpha value is -3.39. The van der Waals surface area contributed by atoms with Gasteiger partial charge in [0.05, 0.1) is 13.2 Å². The Bertz CT molecular complexity index is 1030. The summed E-state index contributed by atoms with van der Waals surface area (Å²) < 4.78 is 10.7. The summed E-state index contributed by atoms with van der Waals surface area (Å²) >= 11 is 0. The lowest BCUT2D eigenvalue weighted by atomic mass is 9.98. The molecule has 4 rings (SSSR count). The van der Waals surface area contributed by atoms with Crippen LogP contribution in [0.1, 0.15) is 43.2 Å². The van der Waals surface area contributed by atoms with Crippen molar-refractivity contribution in [1.82, 2.24) is 10.2 Å². The molecule has 2 amide bonds. The van der Waals surface area contributed by atoms with Gasteiger partial charge in [0.15, 0.2) is 6.04 Å². The number of carbonyl (C=O) groups is 3. The molecule has 1 saturated heterocycles. The molecule has 0 saturated carbocycles. The van der Waals surface area contributed by atoms with Gasteiger partial charge >= 0.3 is 12.1 Å². The first kappa shape index (κ1) is 24.7. The minimum Gasteiger partial charge on any atom is -0.480 e. The summed E-state index contributed by atoms with van der Waals surface area (Å²) in [7, 11) is 0. The average molecular weight is 481 g/mol. The molecule has 0 aromatic heterocycles. The Balaban J connectivity index is 1.18. The molecule has 0 bridgehead atoms. The zero-order valence-electron chi connectivity index (χ0n) is 19.9. The minimum atomic E-state index is -1.04. The molecular weight excluding hydrogens is 448 g/mol.